The van der Waals surface area contributed by atoms with E-state index in [0.717, 1.165) is 22.6 Å². The molecule has 0 amide bonds. The molecule has 0 spiro atoms. The lowest BCUT2D eigenvalue weighted by Gasteiger charge is -2.02. The Labute approximate surface area is 127 Å². The summed E-state index contributed by atoms with van der Waals surface area (Å²) in [5, 5.41) is 10.4. The molecule has 1 N–H and O–H groups in total. The number of nitrogens with one attached hydrogen (secondary N) is 1. The van der Waals surface area contributed by atoms with Gasteiger partial charge in [0.05, 0.1) is 6.61 Å². The van der Waals surface area contributed by atoms with E-state index >= 15 is 0 Å². The molecule has 3 rings (SSSR count). The predicted molar refractivity (Wildman–Crippen MR) is 80.2 cm³/mol. The van der Waals surface area contributed by atoms with E-state index in [1.807, 2.05) is 43.3 Å². The molecule has 0 radical (unpaired) electrons. The number of nitrogens with zero attached hydrogens (tertiary/aromatic N) is 2. The first-order valence-corrected chi connectivity index (χ1v) is 6.94. The van der Waals surface area contributed by atoms with Gasteiger partial charge >= 0.3 is 5.97 Å². The molecule has 3 aromatic rings. The largest absolute Gasteiger partial charge is 0.461 e. The lowest BCUT2D eigenvalue weighted by molar-refractivity contribution is 0.0520. The average Bonchev–Trinajstić information content (AvgIpc) is 3.16. The van der Waals surface area contributed by atoms with Gasteiger partial charge in [-0.3, -0.25) is 0 Å². The summed E-state index contributed by atoms with van der Waals surface area (Å²) in [5.74, 6) is 1.17. The average molecular weight is 297 g/mol. The van der Waals surface area contributed by atoms with Gasteiger partial charge in [-0.05, 0) is 26.0 Å². The number of furan rings is 1. The summed E-state index contributed by atoms with van der Waals surface area (Å²) in [7, 11) is 0. The minimum Gasteiger partial charge on any atom is -0.461 e. The maximum Gasteiger partial charge on any atom is 0.361 e. The lowest BCUT2D eigenvalue weighted by atomic mass is 10.1. The highest BCUT2D eigenvalue weighted by atomic mass is 16.5. The number of carbonyl (C=O) groups excluding carboxylic acids is 1. The third-order valence-corrected chi connectivity index (χ3v) is 3.20. The van der Waals surface area contributed by atoms with Crippen LogP contribution in [0.1, 0.15) is 23.2 Å². The van der Waals surface area contributed by atoms with Crippen molar-refractivity contribution >= 4 is 5.97 Å². The number of aromatic amines is 1. The van der Waals surface area contributed by atoms with Crippen molar-refractivity contribution in [1.29, 1.82) is 0 Å². The highest BCUT2D eigenvalue weighted by Crippen LogP contribution is 2.26. The number of H-pyrrole nitrogens is 1. The zero-order valence-electron chi connectivity index (χ0n) is 12.3. The summed E-state index contributed by atoms with van der Waals surface area (Å²) >= 11 is 0. The number of hydrogen-bond donors (Lipinski definition) is 1. The Morgan fingerprint density at radius 1 is 1.14 bits per heavy atom. The van der Waals surface area contributed by atoms with E-state index in [4.69, 9.17) is 9.15 Å². The van der Waals surface area contributed by atoms with Gasteiger partial charge in [-0.25, -0.2) is 4.79 Å². The fourth-order valence-corrected chi connectivity index (χ4v) is 2.16. The Morgan fingerprint density at radius 2 is 1.86 bits per heavy atom. The molecule has 0 aliphatic carbocycles. The van der Waals surface area contributed by atoms with E-state index in [0.29, 0.717) is 12.3 Å². The van der Waals surface area contributed by atoms with Crippen molar-refractivity contribution < 1.29 is 13.9 Å². The quantitative estimate of drug-likeness (QED) is 0.748. The van der Waals surface area contributed by atoms with Crippen molar-refractivity contribution in [2.45, 2.75) is 13.8 Å². The van der Waals surface area contributed by atoms with Crippen molar-refractivity contribution in [3.63, 3.8) is 0 Å². The fraction of sp³-hybridized carbons (Fsp3) is 0.188. The molecule has 2 heterocycles. The molecule has 6 heteroatoms. The minimum absolute atomic E-state index is 0.184. The molecule has 6 nitrogen and oxygen atoms in total. The van der Waals surface area contributed by atoms with Crippen LogP contribution in [0.15, 0.2) is 40.8 Å². The molecule has 0 saturated carbocycles. The summed E-state index contributed by atoms with van der Waals surface area (Å²) in [6.45, 7) is 3.94. The number of benzene rings is 1. The summed E-state index contributed by atoms with van der Waals surface area (Å²) in [4.78, 5) is 11.8. The van der Waals surface area contributed by atoms with Crippen molar-refractivity contribution in [3.8, 4) is 22.6 Å². The van der Waals surface area contributed by atoms with Crippen LogP contribution >= 0.6 is 0 Å². The first-order valence-electron chi connectivity index (χ1n) is 6.94. The molecule has 1 aromatic carbocycles. The second-order valence-electron chi connectivity index (χ2n) is 4.73. The first-order chi connectivity index (χ1) is 10.7. The molecule has 0 unspecified atom stereocenters. The smallest absolute Gasteiger partial charge is 0.361 e. The highest BCUT2D eigenvalue weighted by Gasteiger charge is 2.19. The zero-order chi connectivity index (χ0) is 15.5. The van der Waals surface area contributed by atoms with Gasteiger partial charge in [0.25, 0.3) is 0 Å². The second kappa shape index (κ2) is 5.85. The van der Waals surface area contributed by atoms with Crippen LogP contribution in [0, 0.1) is 6.92 Å². The van der Waals surface area contributed by atoms with Gasteiger partial charge in [0, 0.05) is 11.1 Å². The molecule has 0 fully saturated rings. The number of aromatic nitrogens is 3. The molecule has 0 aliphatic heterocycles. The second-order valence-corrected chi connectivity index (χ2v) is 4.73. The Hall–Kier alpha value is -2.89. The first kappa shape index (κ1) is 14.1. The fourth-order valence-electron chi connectivity index (χ4n) is 2.16. The summed E-state index contributed by atoms with van der Waals surface area (Å²) in [6.07, 6.45) is 0. The SMILES string of the molecule is CCOC(=O)c1n[nH]nc1-c1ccc(-c2ccc(C)o2)cc1. The molecule has 22 heavy (non-hydrogen) atoms. The van der Waals surface area contributed by atoms with Crippen LogP contribution in [-0.2, 0) is 4.74 Å². The van der Waals surface area contributed by atoms with Crippen molar-refractivity contribution in [3.05, 3.63) is 47.9 Å². The predicted octanol–water partition coefficient (Wildman–Crippen LogP) is 3.22. The van der Waals surface area contributed by atoms with E-state index in [-0.39, 0.29) is 5.69 Å². The van der Waals surface area contributed by atoms with Gasteiger partial charge in [0.2, 0.25) is 0 Å². The van der Waals surface area contributed by atoms with Gasteiger partial charge in [-0.1, -0.05) is 24.3 Å². The van der Waals surface area contributed by atoms with Gasteiger partial charge < -0.3 is 9.15 Å². The maximum atomic E-state index is 11.8. The number of aryl methyl sites for hydroxylation is 1. The standard InChI is InChI=1S/C16H15N3O3/c1-3-21-16(20)15-14(17-19-18-15)12-7-5-11(6-8-12)13-9-4-10(2)22-13/h4-9H,3H2,1-2H3,(H,17,18,19). The molecule has 112 valence electrons. The normalized spacial score (nSPS) is 10.6. The topological polar surface area (TPSA) is 81.0 Å². The molecule has 2 aromatic heterocycles. The van der Waals surface area contributed by atoms with Crippen molar-refractivity contribution in [2.24, 2.45) is 0 Å². The van der Waals surface area contributed by atoms with Crippen LogP contribution in [0.5, 0.6) is 0 Å². The minimum atomic E-state index is -0.489. The molecule has 0 aliphatic rings. The lowest BCUT2D eigenvalue weighted by Crippen LogP contribution is -2.06. The van der Waals surface area contributed by atoms with E-state index in [9.17, 15) is 4.79 Å². The number of hydrogen-bond acceptors (Lipinski definition) is 5. The Kier molecular flexibility index (Phi) is 3.74. The maximum absolute atomic E-state index is 11.8. The van der Waals surface area contributed by atoms with E-state index < -0.39 is 5.97 Å². The van der Waals surface area contributed by atoms with Gasteiger partial charge in [0.15, 0.2) is 5.69 Å². The third kappa shape index (κ3) is 2.63. The van der Waals surface area contributed by atoms with Crippen molar-refractivity contribution in [2.75, 3.05) is 6.61 Å². The molecule has 0 bridgehead atoms. The van der Waals surface area contributed by atoms with Gasteiger partial charge in [-0.2, -0.15) is 10.3 Å². The molecular weight excluding hydrogens is 282 g/mol. The highest BCUT2D eigenvalue weighted by molar-refractivity contribution is 5.94. The van der Waals surface area contributed by atoms with E-state index in [1.54, 1.807) is 6.92 Å². The number of carbonyl (C=O) groups is 1. The Bertz CT molecular complexity index is 787. The summed E-state index contributed by atoms with van der Waals surface area (Å²) < 4.78 is 10.6. The van der Waals surface area contributed by atoms with Gasteiger partial charge in [-0.15, -0.1) is 5.10 Å². The Morgan fingerprint density at radius 3 is 2.50 bits per heavy atom. The summed E-state index contributed by atoms with van der Waals surface area (Å²) in [5.41, 5.74) is 2.39. The monoisotopic (exact) mass is 297 g/mol. The van der Waals surface area contributed by atoms with E-state index in [1.165, 1.54) is 0 Å². The molecular formula is C16H15N3O3. The number of ether oxygens (including phenoxy) is 1. The van der Waals surface area contributed by atoms with E-state index in [2.05, 4.69) is 15.4 Å². The van der Waals surface area contributed by atoms with Crippen molar-refractivity contribution in [1.82, 2.24) is 15.4 Å². The summed E-state index contributed by atoms with van der Waals surface area (Å²) in [6, 6.07) is 11.4. The van der Waals surface area contributed by atoms with Crippen LogP contribution in [-0.4, -0.2) is 28.0 Å². The molecule has 0 saturated heterocycles. The van der Waals surface area contributed by atoms with Crippen LogP contribution in [0.3, 0.4) is 0 Å². The molecule has 0 atom stereocenters. The van der Waals surface area contributed by atoms with Crippen LogP contribution < -0.4 is 0 Å². The van der Waals surface area contributed by atoms with Gasteiger partial charge in [0.1, 0.15) is 17.2 Å². The third-order valence-electron chi connectivity index (χ3n) is 3.20. The van der Waals surface area contributed by atoms with Crippen LogP contribution in [0.2, 0.25) is 0 Å². The number of rotatable bonds is 4. The Balaban J connectivity index is 1.91. The number of esters is 1. The zero-order valence-corrected chi connectivity index (χ0v) is 12.3. The van der Waals surface area contributed by atoms with Crippen LogP contribution in [0.25, 0.3) is 22.6 Å². The van der Waals surface area contributed by atoms with Crippen LogP contribution in [0.4, 0.5) is 0 Å².